The molecule has 0 fully saturated rings. The first-order valence-corrected chi connectivity index (χ1v) is 8.90. The molecule has 0 spiro atoms. The minimum Gasteiger partial charge on any atom is -0.497 e. The number of amides is 1. The zero-order valence-electron chi connectivity index (χ0n) is 14.5. The SMILES string of the molecule is COc1ccc(-n2cccc2/C=C(/C#N)C(=O)Nc2cccc(Br)c2)cc1. The monoisotopic (exact) mass is 421 g/mol. The number of carbonyl (C=O) groups excluding carboxylic acids is 1. The van der Waals surface area contributed by atoms with Gasteiger partial charge in [0.15, 0.2) is 0 Å². The summed E-state index contributed by atoms with van der Waals surface area (Å²) in [5, 5.41) is 12.2. The highest BCUT2D eigenvalue weighted by Gasteiger charge is 2.11. The van der Waals surface area contributed by atoms with Crippen molar-refractivity contribution in [3.63, 3.8) is 0 Å². The average Bonchev–Trinajstić information content (AvgIpc) is 3.14. The number of halogens is 1. The van der Waals surface area contributed by atoms with E-state index >= 15 is 0 Å². The third-order valence-corrected chi connectivity index (χ3v) is 4.36. The normalized spacial score (nSPS) is 10.9. The fourth-order valence-electron chi connectivity index (χ4n) is 2.55. The van der Waals surface area contributed by atoms with Gasteiger partial charge < -0.3 is 14.6 Å². The summed E-state index contributed by atoms with van der Waals surface area (Å²) in [7, 11) is 1.61. The molecule has 0 bridgehead atoms. The van der Waals surface area contributed by atoms with E-state index in [1.165, 1.54) is 0 Å². The minimum atomic E-state index is -0.460. The van der Waals surface area contributed by atoms with Crippen LogP contribution in [0.15, 0.2) is 76.9 Å². The van der Waals surface area contributed by atoms with Crippen LogP contribution in [0.2, 0.25) is 0 Å². The van der Waals surface area contributed by atoms with E-state index in [-0.39, 0.29) is 5.57 Å². The van der Waals surface area contributed by atoms with Crippen LogP contribution in [0.25, 0.3) is 11.8 Å². The Morgan fingerprint density at radius 1 is 1.19 bits per heavy atom. The second kappa shape index (κ2) is 8.39. The molecule has 0 saturated carbocycles. The van der Waals surface area contributed by atoms with Gasteiger partial charge in [0.1, 0.15) is 17.4 Å². The number of nitrogens with one attached hydrogen (secondary N) is 1. The molecular weight excluding hydrogens is 406 g/mol. The standard InChI is InChI=1S/C21H16BrN3O2/c1-27-20-9-7-18(8-10-20)25-11-3-6-19(25)12-15(14-23)21(26)24-17-5-2-4-16(22)13-17/h2-13H,1H3,(H,24,26)/b15-12-. The van der Waals surface area contributed by atoms with Gasteiger partial charge in [0.25, 0.3) is 5.91 Å². The van der Waals surface area contributed by atoms with Crippen LogP contribution in [0.4, 0.5) is 5.69 Å². The van der Waals surface area contributed by atoms with Crippen LogP contribution in [0, 0.1) is 11.3 Å². The van der Waals surface area contributed by atoms with Gasteiger partial charge in [-0.15, -0.1) is 0 Å². The molecule has 0 aliphatic rings. The van der Waals surface area contributed by atoms with Crippen LogP contribution in [0.1, 0.15) is 5.69 Å². The third-order valence-electron chi connectivity index (χ3n) is 3.87. The van der Waals surface area contributed by atoms with Gasteiger partial charge in [0.2, 0.25) is 0 Å². The number of anilines is 1. The molecular formula is C21H16BrN3O2. The smallest absolute Gasteiger partial charge is 0.266 e. The number of methoxy groups -OCH3 is 1. The van der Waals surface area contributed by atoms with E-state index in [0.29, 0.717) is 5.69 Å². The maximum atomic E-state index is 12.5. The van der Waals surface area contributed by atoms with E-state index in [1.807, 2.05) is 65.4 Å². The van der Waals surface area contributed by atoms with E-state index in [9.17, 15) is 10.1 Å². The summed E-state index contributed by atoms with van der Waals surface area (Å²) < 4.78 is 7.91. The molecule has 3 aromatic rings. The van der Waals surface area contributed by atoms with Crippen molar-refractivity contribution in [2.24, 2.45) is 0 Å². The Bertz CT molecular complexity index is 1030. The fraction of sp³-hybridized carbons (Fsp3) is 0.0476. The molecule has 1 N–H and O–H groups in total. The molecule has 27 heavy (non-hydrogen) atoms. The maximum absolute atomic E-state index is 12.5. The Hall–Kier alpha value is -3.30. The van der Waals surface area contributed by atoms with Crippen LogP contribution >= 0.6 is 15.9 Å². The molecule has 0 unspecified atom stereocenters. The van der Waals surface area contributed by atoms with Gasteiger partial charge in [0, 0.05) is 27.7 Å². The lowest BCUT2D eigenvalue weighted by Crippen LogP contribution is -2.13. The van der Waals surface area contributed by atoms with Gasteiger partial charge in [-0.25, -0.2) is 0 Å². The number of hydrogen-bond donors (Lipinski definition) is 1. The number of nitrogens with zero attached hydrogens (tertiary/aromatic N) is 2. The average molecular weight is 422 g/mol. The number of carbonyl (C=O) groups is 1. The van der Waals surface area contributed by atoms with Crippen molar-refractivity contribution in [2.45, 2.75) is 0 Å². The van der Waals surface area contributed by atoms with Gasteiger partial charge in [-0.3, -0.25) is 4.79 Å². The molecule has 0 radical (unpaired) electrons. The lowest BCUT2D eigenvalue weighted by atomic mass is 10.2. The molecule has 1 aromatic heterocycles. The fourth-order valence-corrected chi connectivity index (χ4v) is 2.95. The molecule has 3 rings (SSSR count). The molecule has 0 atom stereocenters. The van der Waals surface area contributed by atoms with Gasteiger partial charge >= 0.3 is 0 Å². The quantitative estimate of drug-likeness (QED) is 0.475. The molecule has 0 aliphatic heterocycles. The van der Waals surface area contributed by atoms with Gasteiger partial charge in [-0.05, 0) is 60.7 Å². The predicted octanol–water partition coefficient (Wildman–Crippen LogP) is 4.79. The molecule has 1 heterocycles. The number of benzene rings is 2. The predicted molar refractivity (Wildman–Crippen MR) is 109 cm³/mol. The lowest BCUT2D eigenvalue weighted by Gasteiger charge is -2.09. The molecule has 0 saturated heterocycles. The Morgan fingerprint density at radius 2 is 1.96 bits per heavy atom. The number of aromatic nitrogens is 1. The molecule has 5 nitrogen and oxygen atoms in total. The van der Waals surface area contributed by atoms with Crippen molar-refractivity contribution in [1.29, 1.82) is 5.26 Å². The van der Waals surface area contributed by atoms with Crippen LogP contribution in [-0.2, 0) is 4.79 Å². The van der Waals surface area contributed by atoms with Crippen LogP contribution < -0.4 is 10.1 Å². The number of nitriles is 1. The summed E-state index contributed by atoms with van der Waals surface area (Å²) in [5.74, 6) is 0.298. The maximum Gasteiger partial charge on any atom is 0.266 e. The first kappa shape index (κ1) is 18.5. The summed E-state index contributed by atoms with van der Waals surface area (Å²) in [6.07, 6.45) is 3.44. The van der Waals surface area contributed by atoms with Crippen LogP contribution in [0.5, 0.6) is 5.75 Å². The Balaban J connectivity index is 1.87. The highest BCUT2D eigenvalue weighted by atomic mass is 79.9. The Kier molecular flexibility index (Phi) is 5.74. The zero-order chi connectivity index (χ0) is 19.2. The lowest BCUT2D eigenvalue weighted by molar-refractivity contribution is -0.112. The first-order chi connectivity index (χ1) is 13.1. The highest BCUT2D eigenvalue weighted by Crippen LogP contribution is 2.20. The topological polar surface area (TPSA) is 67.0 Å². The summed E-state index contributed by atoms with van der Waals surface area (Å²) >= 11 is 3.36. The summed E-state index contributed by atoms with van der Waals surface area (Å²) in [6, 6.07) is 20.4. The third kappa shape index (κ3) is 4.46. The van der Waals surface area contributed by atoms with E-state index in [1.54, 1.807) is 25.3 Å². The molecule has 134 valence electrons. The van der Waals surface area contributed by atoms with Crippen molar-refractivity contribution in [3.8, 4) is 17.5 Å². The van der Waals surface area contributed by atoms with E-state index in [4.69, 9.17) is 4.74 Å². The van der Waals surface area contributed by atoms with Crippen molar-refractivity contribution in [1.82, 2.24) is 4.57 Å². The van der Waals surface area contributed by atoms with Crippen LogP contribution in [0.3, 0.4) is 0 Å². The second-order valence-electron chi connectivity index (χ2n) is 5.64. The highest BCUT2D eigenvalue weighted by molar-refractivity contribution is 9.10. The molecule has 0 aliphatic carbocycles. The molecule has 1 amide bonds. The van der Waals surface area contributed by atoms with Gasteiger partial charge in [-0.2, -0.15) is 5.26 Å². The summed E-state index contributed by atoms with van der Waals surface area (Å²) in [6.45, 7) is 0. The van der Waals surface area contributed by atoms with Gasteiger partial charge in [0.05, 0.1) is 7.11 Å². The van der Waals surface area contributed by atoms with Gasteiger partial charge in [-0.1, -0.05) is 22.0 Å². The largest absolute Gasteiger partial charge is 0.497 e. The van der Waals surface area contributed by atoms with E-state index in [2.05, 4.69) is 21.2 Å². The van der Waals surface area contributed by atoms with E-state index in [0.717, 1.165) is 21.6 Å². The summed E-state index contributed by atoms with van der Waals surface area (Å²) in [4.78, 5) is 12.5. The molecule has 2 aromatic carbocycles. The Morgan fingerprint density at radius 3 is 2.63 bits per heavy atom. The summed E-state index contributed by atoms with van der Waals surface area (Å²) in [5.41, 5.74) is 2.25. The number of rotatable bonds is 5. The number of hydrogen-bond acceptors (Lipinski definition) is 3. The van der Waals surface area contributed by atoms with E-state index < -0.39 is 5.91 Å². The second-order valence-corrected chi connectivity index (χ2v) is 6.55. The van der Waals surface area contributed by atoms with Crippen molar-refractivity contribution < 1.29 is 9.53 Å². The van der Waals surface area contributed by atoms with Crippen molar-refractivity contribution in [2.75, 3.05) is 12.4 Å². The molecule has 6 heteroatoms. The minimum absolute atomic E-state index is 0.0171. The number of ether oxygens (including phenoxy) is 1. The Labute approximate surface area is 165 Å². The van der Waals surface area contributed by atoms with Crippen molar-refractivity contribution >= 4 is 33.6 Å². The first-order valence-electron chi connectivity index (χ1n) is 8.11. The zero-order valence-corrected chi connectivity index (χ0v) is 16.1. The van der Waals surface area contributed by atoms with Crippen molar-refractivity contribution in [3.05, 3.63) is 82.6 Å². The van der Waals surface area contributed by atoms with Crippen LogP contribution in [-0.4, -0.2) is 17.6 Å².